The predicted octanol–water partition coefficient (Wildman–Crippen LogP) is 3.89. The van der Waals surface area contributed by atoms with Crippen LogP contribution < -0.4 is 9.47 Å². The van der Waals surface area contributed by atoms with E-state index in [0.717, 1.165) is 55.1 Å². The van der Waals surface area contributed by atoms with Crippen LogP contribution in [0.3, 0.4) is 0 Å². The molecule has 33 heavy (non-hydrogen) atoms. The lowest BCUT2D eigenvalue weighted by Crippen LogP contribution is -2.48. The topological polar surface area (TPSA) is 59.1 Å². The van der Waals surface area contributed by atoms with E-state index in [1.807, 2.05) is 35.2 Å². The van der Waals surface area contributed by atoms with E-state index < -0.39 is 0 Å². The molecule has 0 N–H and O–H groups in total. The van der Waals surface area contributed by atoms with E-state index in [1.165, 1.54) is 24.0 Å². The highest BCUT2D eigenvalue weighted by Crippen LogP contribution is 2.28. The molecule has 1 heterocycles. The Morgan fingerprint density at radius 3 is 2.27 bits per heavy atom. The predicted molar refractivity (Wildman–Crippen MR) is 128 cm³/mol. The van der Waals surface area contributed by atoms with Gasteiger partial charge in [0.05, 0.1) is 14.2 Å². The summed E-state index contributed by atoms with van der Waals surface area (Å²) in [5.41, 5.74) is 4.59. The second-order valence-electron chi connectivity index (χ2n) is 8.96. The number of benzene rings is 2. The molecule has 0 bridgehead atoms. The van der Waals surface area contributed by atoms with Gasteiger partial charge in [-0.25, -0.2) is 0 Å². The average Bonchev–Trinajstić information content (AvgIpc) is 2.87. The van der Waals surface area contributed by atoms with Crippen LogP contribution in [0, 0.1) is 0 Å². The van der Waals surface area contributed by atoms with Crippen LogP contribution in [0.4, 0.5) is 0 Å². The largest absolute Gasteiger partial charge is 0.493 e. The molecule has 6 heteroatoms. The number of fused-ring (bicyclic) bond motifs is 1. The molecule has 0 saturated carbocycles. The van der Waals surface area contributed by atoms with E-state index >= 15 is 0 Å². The van der Waals surface area contributed by atoms with Gasteiger partial charge in [0, 0.05) is 51.1 Å². The van der Waals surface area contributed by atoms with Crippen molar-refractivity contribution in [3.63, 3.8) is 0 Å². The van der Waals surface area contributed by atoms with Crippen molar-refractivity contribution in [1.29, 1.82) is 0 Å². The Bertz CT molecular complexity index is 996. The first-order valence-electron chi connectivity index (χ1n) is 11.9. The van der Waals surface area contributed by atoms with Crippen LogP contribution >= 0.6 is 0 Å². The number of ether oxygens (including phenoxy) is 2. The molecular weight excluding hydrogens is 416 g/mol. The molecule has 1 aliphatic carbocycles. The Kier molecular flexibility index (Phi) is 7.65. The monoisotopic (exact) mass is 450 g/mol. The van der Waals surface area contributed by atoms with Crippen LogP contribution in [-0.2, 0) is 24.2 Å². The van der Waals surface area contributed by atoms with Crippen molar-refractivity contribution in [2.24, 2.45) is 0 Å². The smallest absolute Gasteiger partial charge is 0.223 e. The zero-order valence-electron chi connectivity index (χ0n) is 19.8. The van der Waals surface area contributed by atoms with Gasteiger partial charge in [0.15, 0.2) is 17.3 Å². The molecule has 2 aliphatic rings. The number of piperazine rings is 1. The highest BCUT2D eigenvalue weighted by molar-refractivity contribution is 5.98. The average molecular weight is 451 g/mol. The third-order valence-corrected chi connectivity index (χ3v) is 6.82. The molecule has 1 fully saturated rings. The van der Waals surface area contributed by atoms with E-state index in [1.54, 1.807) is 14.2 Å². The van der Waals surface area contributed by atoms with Crippen molar-refractivity contribution >= 4 is 11.7 Å². The minimum atomic E-state index is 0.0730. The number of rotatable bonds is 8. The minimum Gasteiger partial charge on any atom is -0.493 e. The van der Waals surface area contributed by atoms with Crippen molar-refractivity contribution in [3.8, 4) is 11.5 Å². The summed E-state index contributed by atoms with van der Waals surface area (Å²) in [4.78, 5) is 29.6. The molecule has 1 amide bonds. The lowest BCUT2D eigenvalue weighted by molar-refractivity contribution is -0.132. The molecule has 1 aliphatic heterocycles. The summed E-state index contributed by atoms with van der Waals surface area (Å²) in [6.45, 7) is 3.83. The van der Waals surface area contributed by atoms with Gasteiger partial charge in [0.25, 0.3) is 0 Å². The maximum atomic E-state index is 12.7. The van der Waals surface area contributed by atoms with E-state index in [-0.39, 0.29) is 24.5 Å². The first kappa shape index (κ1) is 23.3. The number of hydrogen-bond donors (Lipinski definition) is 0. The zero-order chi connectivity index (χ0) is 23.2. The van der Waals surface area contributed by atoms with Gasteiger partial charge in [0.1, 0.15) is 0 Å². The van der Waals surface area contributed by atoms with Crippen LogP contribution in [-0.4, -0.2) is 61.9 Å². The summed E-state index contributed by atoms with van der Waals surface area (Å²) < 4.78 is 10.7. The van der Waals surface area contributed by atoms with Gasteiger partial charge in [-0.3, -0.25) is 14.5 Å². The summed E-state index contributed by atoms with van der Waals surface area (Å²) in [5.74, 6) is 1.60. The first-order chi connectivity index (χ1) is 16.1. The molecule has 0 radical (unpaired) electrons. The van der Waals surface area contributed by atoms with Crippen LogP contribution in [0.15, 0.2) is 36.4 Å². The standard InChI is InChI=1S/C27H34N2O4/c1-32-25-11-7-20(17-26(25)33-2)19-28-13-15-29(16-14-28)27(31)12-10-24(30)23-9-8-21-5-3-4-6-22(21)18-23/h7-9,11,17-18H,3-6,10,12-16,19H2,1-2H3. The number of hydrogen-bond acceptors (Lipinski definition) is 5. The number of carbonyl (C=O) groups excluding carboxylic acids is 2. The van der Waals surface area contributed by atoms with Crippen molar-refractivity contribution in [1.82, 2.24) is 9.80 Å². The summed E-state index contributed by atoms with van der Waals surface area (Å²) >= 11 is 0. The summed E-state index contributed by atoms with van der Waals surface area (Å²) in [7, 11) is 3.27. The van der Waals surface area contributed by atoms with Crippen LogP contribution in [0.5, 0.6) is 11.5 Å². The molecule has 2 aromatic rings. The van der Waals surface area contributed by atoms with Gasteiger partial charge < -0.3 is 14.4 Å². The van der Waals surface area contributed by atoms with Gasteiger partial charge in [-0.15, -0.1) is 0 Å². The maximum Gasteiger partial charge on any atom is 0.223 e. The number of methoxy groups -OCH3 is 2. The number of Topliss-reactive ketones (excluding diaryl/α,β-unsaturated/α-hetero) is 1. The number of carbonyl (C=O) groups is 2. The molecule has 0 unspecified atom stereocenters. The zero-order valence-corrected chi connectivity index (χ0v) is 19.8. The number of aryl methyl sites for hydroxylation is 2. The Morgan fingerprint density at radius 1 is 0.818 bits per heavy atom. The van der Waals surface area contributed by atoms with Gasteiger partial charge in [-0.1, -0.05) is 18.2 Å². The van der Waals surface area contributed by atoms with E-state index in [9.17, 15) is 9.59 Å². The number of amides is 1. The van der Waals surface area contributed by atoms with Crippen molar-refractivity contribution in [2.75, 3.05) is 40.4 Å². The van der Waals surface area contributed by atoms with Crippen molar-refractivity contribution < 1.29 is 19.1 Å². The van der Waals surface area contributed by atoms with Crippen LogP contribution in [0.1, 0.15) is 52.7 Å². The number of ketones is 1. The van der Waals surface area contributed by atoms with Gasteiger partial charge >= 0.3 is 0 Å². The molecule has 6 nitrogen and oxygen atoms in total. The van der Waals surface area contributed by atoms with Gasteiger partial charge in [-0.2, -0.15) is 0 Å². The molecule has 176 valence electrons. The molecule has 4 rings (SSSR count). The van der Waals surface area contributed by atoms with Crippen LogP contribution in [0.25, 0.3) is 0 Å². The fraction of sp³-hybridized carbons (Fsp3) is 0.481. The normalized spacial score (nSPS) is 16.2. The highest BCUT2D eigenvalue weighted by Gasteiger charge is 2.22. The van der Waals surface area contributed by atoms with Crippen molar-refractivity contribution in [2.45, 2.75) is 45.1 Å². The first-order valence-corrected chi connectivity index (χ1v) is 11.9. The molecule has 0 atom stereocenters. The Hall–Kier alpha value is -2.86. The van der Waals surface area contributed by atoms with E-state index in [0.29, 0.717) is 13.1 Å². The summed E-state index contributed by atoms with van der Waals surface area (Å²) in [6, 6.07) is 12.1. The molecule has 0 aromatic heterocycles. The third kappa shape index (κ3) is 5.74. The van der Waals surface area contributed by atoms with Gasteiger partial charge in [0.2, 0.25) is 5.91 Å². The molecule has 2 aromatic carbocycles. The van der Waals surface area contributed by atoms with Gasteiger partial charge in [-0.05, 0) is 60.6 Å². The van der Waals surface area contributed by atoms with Crippen LogP contribution in [0.2, 0.25) is 0 Å². The van der Waals surface area contributed by atoms with E-state index in [2.05, 4.69) is 11.0 Å². The Morgan fingerprint density at radius 2 is 1.55 bits per heavy atom. The minimum absolute atomic E-state index is 0.0730. The summed E-state index contributed by atoms with van der Waals surface area (Å²) in [5, 5.41) is 0. The lowest BCUT2D eigenvalue weighted by Gasteiger charge is -2.35. The Balaban J connectivity index is 1.24. The molecule has 0 spiro atoms. The van der Waals surface area contributed by atoms with E-state index in [4.69, 9.17) is 9.47 Å². The Labute approximate surface area is 196 Å². The number of nitrogens with zero attached hydrogens (tertiary/aromatic N) is 2. The maximum absolute atomic E-state index is 12.7. The second-order valence-corrected chi connectivity index (χ2v) is 8.96. The summed E-state index contributed by atoms with van der Waals surface area (Å²) in [6.07, 6.45) is 5.16. The highest BCUT2D eigenvalue weighted by atomic mass is 16.5. The molecular formula is C27H34N2O4. The quantitative estimate of drug-likeness (QED) is 0.571. The lowest BCUT2D eigenvalue weighted by atomic mass is 9.89. The fourth-order valence-electron chi connectivity index (χ4n) is 4.82. The fourth-order valence-corrected chi connectivity index (χ4v) is 4.82. The second kappa shape index (κ2) is 10.8. The SMILES string of the molecule is COc1ccc(CN2CCN(C(=O)CCC(=O)c3ccc4c(c3)CCCC4)CC2)cc1OC. The van der Waals surface area contributed by atoms with Crippen molar-refractivity contribution in [3.05, 3.63) is 58.7 Å². The molecule has 1 saturated heterocycles. The third-order valence-electron chi connectivity index (χ3n) is 6.82.